The molecule has 0 saturated carbocycles. The van der Waals surface area contributed by atoms with Gasteiger partial charge in [0.25, 0.3) is 0 Å². The lowest BCUT2D eigenvalue weighted by molar-refractivity contribution is 0.385. The van der Waals surface area contributed by atoms with E-state index < -0.39 is 11.2 Å². The molecule has 0 aromatic heterocycles. The Bertz CT molecular complexity index is 631. The van der Waals surface area contributed by atoms with Crippen LogP contribution in [0, 0.1) is 5.82 Å². The summed E-state index contributed by atoms with van der Waals surface area (Å²) in [5, 5.41) is -0.510. The molecular weight excluding hydrogens is 295 g/mol. The zero-order chi connectivity index (χ0) is 15.4. The Labute approximate surface area is 128 Å². The highest BCUT2D eigenvalue weighted by atomic mass is 35.5. The molecule has 0 fully saturated rings. The van der Waals surface area contributed by atoms with E-state index in [4.69, 9.17) is 25.8 Å². The molecule has 0 spiro atoms. The van der Waals surface area contributed by atoms with Crippen LogP contribution in [0.15, 0.2) is 36.4 Å². The third kappa shape index (κ3) is 3.22. The maximum absolute atomic E-state index is 13.5. The minimum atomic E-state index is -0.510. The molecule has 5 heteroatoms. The number of halogens is 2. The summed E-state index contributed by atoms with van der Waals surface area (Å²) in [6.07, 6.45) is 0. The van der Waals surface area contributed by atoms with Crippen LogP contribution in [-0.4, -0.2) is 21.3 Å². The predicted octanol–water partition coefficient (Wildman–Crippen LogP) is 4.18. The second kappa shape index (κ2) is 6.68. The van der Waals surface area contributed by atoms with Crippen molar-refractivity contribution in [2.75, 3.05) is 21.3 Å². The number of hydrogen-bond donors (Lipinski definition) is 0. The van der Waals surface area contributed by atoms with E-state index in [9.17, 15) is 4.39 Å². The van der Waals surface area contributed by atoms with Gasteiger partial charge in [0, 0.05) is 5.56 Å². The first-order valence-electron chi connectivity index (χ1n) is 6.30. The van der Waals surface area contributed by atoms with E-state index in [0.29, 0.717) is 17.1 Å². The third-order valence-electron chi connectivity index (χ3n) is 3.18. The van der Waals surface area contributed by atoms with E-state index in [2.05, 4.69) is 0 Å². The molecule has 2 aromatic rings. The Balaban J connectivity index is 2.45. The van der Waals surface area contributed by atoms with E-state index in [0.717, 1.165) is 5.56 Å². The van der Waals surface area contributed by atoms with Crippen molar-refractivity contribution < 1.29 is 18.6 Å². The SMILES string of the molecule is COc1ccc(OC)c(C(Cl)c2ccc(F)c(OC)c2)c1. The van der Waals surface area contributed by atoms with Gasteiger partial charge in [0.2, 0.25) is 0 Å². The van der Waals surface area contributed by atoms with Crippen LogP contribution < -0.4 is 14.2 Å². The third-order valence-corrected chi connectivity index (χ3v) is 3.66. The second-order valence-corrected chi connectivity index (χ2v) is 4.80. The standard InChI is InChI=1S/C16H16ClFO3/c1-19-11-5-7-14(20-2)12(9-11)16(17)10-4-6-13(18)15(8-10)21-3/h4-9,16H,1-3H3. The van der Waals surface area contributed by atoms with Crippen molar-refractivity contribution >= 4 is 11.6 Å². The lowest BCUT2D eigenvalue weighted by atomic mass is 10.0. The smallest absolute Gasteiger partial charge is 0.165 e. The molecule has 0 saturated heterocycles. The summed E-state index contributed by atoms with van der Waals surface area (Å²) in [6.45, 7) is 0. The Morgan fingerprint density at radius 3 is 2.24 bits per heavy atom. The van der Waals surface area contributed by atoms with Crippen LogP contribution in [0.2, 0.25) is 0 Å². The first-order chi connectivity index (χ1) is 10.1. The first kappa shape index (κ1) is 15.4. The van der Waals surface area contributed by atoms with E-state index in [-0.39, 0.29) is 5.75 Å². The summed E-state index contributed by atoms with van der Waals surface area (Å²) in [7, 11) is 4.56. The minimum Gasteiger partial charge on any atom is -0.497 e. The van der Waals surface area contributed by atoms with Crippen molar-refractivity contribution in [2.45, 2.75) is 5.38 Å². The topological polar surface area (TPSA) is 27.7 Å². The quantitative estimate of drug-likeness (QED) is 0.775. The summed E-state index contributed by atoms with van der Waals surface area (Å²) < 4.78 is 29.0. The van der Waals surface area contributed by atoms with Gasteiger partial charge in [-0.25, -0.2) is 4.39 Å². The molecule has 0 radical (unpaired) electrons. The van der Waals surface area contributed by atoms with Crippen LogP contribution in [0.25, 0.3) is 0 Å². The highest BCUT2D eigenvalue weighted by molar-refractivity contribution is 6.22. The van der Waals surface area contributed by atoms with Crippen LogP contribution in [0.5, 0.6) is 17.2 Å². The normalized spacial score (nSPS) is 11.9. The summed E-state index contributed by atoms with van der Waals surface area (Å²) >= 11 is 6.51. The van der Waals surface area contributed by atoms with Crippen LogP contribution in [-0.2, 0) is 0 Å². The van der Waals surface area contributed by atoms with Crippen molar-refractivity contribution in [3.05, 3.63) is 53.3 Å². The fourth-order valence-electron chi connectivity index (χ4n) is 2.05. The van der Waals surface area contributed by atoms with Crippen LogP contribution in [0.1, 0.15) is 16.5 Å². The number of hydrogen-bond acceptors (Lipinski definition) is 3. The molecule has 1 unspecified atom stereocenters. The van der Waals surface area contributed by atoms with E-state index >= 15 is 0 Å². The molecule has 0 heterocycles. The van der Waals surface area contributed by atoms with Gasteiger partial charge in [0.05, 0.1) is 26.7 Å². The monoisotopic (exact) mass is 310 g/mol. The van der Waals surface area contributed by atoms with Crippen molar-refractivity contribution in [1.82, 2.24) is 0 Å². The molecule has 1 atom stereocenters. The summed E-state index contributed by atoms with van der Waals surface area (Å²) in [5.41, 5.74) is 1.45. The van der Waals surface area contributed by atoms with Crippen LogP contribution in [0.4, 0.5) is 4.39 Å². The summed E-state index contributed by atoms with van der Waals surface area (Å²) in [6, 6.07) is 9.89. The van der Waals surface area contributed by atoms with Gasteiger partial charge >= 0.3 is 0 Å². The van der Waals surface area contributed by atoms with Crippen molar-refractivity contribution in [1.29, 1.82) is 0 Å². The molecule has 112 valence electrons. The first-order valence-corrected chi connectivity index (χ1v) is 6.73. The fraction of sp³-hybridized carbons (Fsp3) is 0.250. The number of methoxy groups -OCH3 is 3. The van der Waals surface area contributed by atoms with Gasteiger partial charge in [-0.2, -0.15) is 0 Å². The van der Waals surface area contributed by atoms with Gasteiger partial charge < -0.3 is 14.2 Å². The van der Waals surface area contributed by atoms with Gasteiger partial charge in [-0.05, 0) is 35.9 Å². The summed E-state index contributed by atoms with van der Waals surface area (Å²) in [5.74, 6) is 1.03. The summed E-state index contributed by atoms with van der Waals surface area (Å²) in [4.78, 5) is 0. The van der Waals surface area contributed by atoms with Gasteiger partial charge in [0.1, 0.15) is 11.5 Å². The number of alkyl halides is 1. The minimum absolute atomic E-state index is 0.153. The molecule has 3 nitrogen and oxygen atoms in total. The molecular formula is C16H16ClFO3. The Morgan fingerprint density at radius 1 is 0.905 bits per heavy atom. The molecule has 2 aromatic carbocycles. The highest BCUT2D eigenvalue weighted by Crippen LogP contribution is 2.38. The molecule has 21 heavy (non-hydrogen) atoms. The van der Waals surface area contributed by atoms with Crippen molar-refractivity contribution in [2.24, 2.45) is 0 Å². The van der Waals surface area contributed by atoms with Gasteiger partial charge in [-0.3, -0.25) is 0 Å². The predicted molar refractivity (Wildman–Crippen MR) is 80.2 cm³/mol. The number of benzene rings is 2. The Hall–Kier alpha value is -1.94. The van der Waals surface area contributed by atoms with Gasteiger partial charge in [0.15, 0.2) is 11.6 Å². The van der Waals surface area contributed by atoms with Crippen molar-refractivity contribution in [3.63, 3.8) is 0 Å². The van der Waals surface area contributed by atoms with E-state index in [1.807, 2.05) is 0 Å². The van der Waals surface area contributed by atoms with Crippen LogP contribution in [0.3, 0.4) is 0 Å². The van der Waals surface area contributed by atoms with E-state index in [1.165, 1.54) is 13.2 Å². The zero-order valence-corrected chi connectivity index (χ0v) is 12.8. The number of rotatable bonds is 5. The van der Waals surface area contributed by atoms with Gasteiger partial charge in [-0.1, -0.05) is 6.07 Å². The zero-order valence-electron chi connectivity index (χ0n) is 12.0. The largest absolute Gasteiger partial charge is 0.497 e. The molecule has 0 amide bonds. The van der Waals surface area contributed by atoms with Crippen LogP contribution >= 0.6 is 11.6 Å². The maximum atomic E-state index is 13.5. The lowest BCUT2D eigenvalue weighted by Crippen LogP contribution is -2.00. The average molecular weight is 311 g/mol. The average Bonchev–Trinajstić information content (AvgIpc) is 2.54. The maximum Gasteiger partial charge on any atom is 0.165 e. The highest BCUT2D eigenvalue weighted by Gasteiger charge is 2.18. The molecule has 0 aliphatic heterocycles. The lowest BCUT2D eigenvalue weighted by Gasteiger charge is -2.16. The van der Waals surface area contributed by atoms with Gasteiger partial charge in [-0.15, -0.1) is 11.6 Å². The Kier molecular flexibility index (Phi) is 4.91. The molecule has 0 bridgehead atoms. The molecule has 0 N–H and O–H groups in total. The second-order valence-electron chi connectivity index (χ2n) is 4.36. The van der Waals surface area contributed by atoms with E-state index in [1.54, 1.807) is 44.6 Å². The fourth-order valence-corrected chi connectivity index (χ4v) is 2.36. The number of ether oxygens (including phenoxy) is 3. The Morgan fingerprint density at radius 2 is 1.62 bits per heavy atom. The molecule has 2 rings (SSSR count). The molecule has 0 aliphatic rings. The molecule has 0 aliphatic carbocycles. The van der Waals surface area contributed by atoms with Crippen molar-refractivity contribution in [3.8, 4) is 17.2 Å².